The molecule has 0 unspecified atom stereocenters. The van der Waals surface area contributed by atoms with Crippen LogP contribution in [0.1, 0.15) is 39.0 Å². The highest BCUT2D eigenvalue weighted by molar-refractivity contribution is 5.96. The first-order chi connectivity index (χ1) is 13.5. The van der Waals surface area contributed by atoms with E-state index in [1.54, 1.807) is 4.90 Å². The summed E-state index contributed by atoms with van der Waals surface area (Å²) in [6.07, 6.45) is 0. The van der Waals surface area contributed by atoms with Crippen molar-refractivity contribution in [1.29, 1.82) is 0 Å². The van der Waals surface area contributed by atoms with Crippen molar-refractivity contribution in [3.05, 3.63) is 89.2 Å². The molecule has 1 aliphatic heterocycles. The SMILES string of the molecule is CC(CN1CCn2nc(C(=O)O)cc2C1=O)(c1ccccc1)c1ccccc1. The Morgan fingerprint density at radius 2 is 1.61 bits per heavy atom. The molecule has 2 heterocycles. The summed E-state index contributed by atoms with van der Waals surface area (Å²) in [5, 5.41) is 13.2. The van der Waals surface area contributed by atoms with Gasteiger partial charge in [0, 0.05) is 24.6 Å². The van der Waals surface area contributed by atoms with Crippen LogP contribution in [0.2, 0.25) is 0 Å². The Morgan fingerprint density at radius 1 is 1.04 bits per heavy atom. The number of rotatable bonds is 5. The minimum atomic E-state index is -1.13. The summed E-state index contributed by atoms with van der Waals surface area (Å²) >= 11 is 0. The molecule has 6 nitrogen and oxygen atoms in total. The zero-order chi connectivity index (χ0) is 19.7. The van der Waals surface area contributed by atoms with Crippen LogP contribution in [0.15, 0.2) is 66.7 Å². The first-order valence-corrected chi connectivity index (χ1v) is 9.20. The molecular formula is C22H21N3O3. The molecule has 142 valence electrons. The maximum absolute atomic E-state index is 13.1. The largest absolute Gasteiger partial charge is 0.476 e. The third kappa shape index (κ3) is 3.07. The molecule has 0 spiro atoms. The highest BCUT2D eigenvalue weighted by Crippen LogP contribution is 2.33. The molecule has 4 rings (SSSR count). The average molecular weight is 375 g/mol. The maximum atomic E-state index is 13.1. The first kappa shape index (κ1) is 18.0. The standard InChI is InChI=1S/C22H21N3O3/c1-22(16-8-4-2-5-9-16,17-10-6-3-7-11-17)15-24-12-13-25-19(20(24)26)14-18(23-25)21(27)28/h2-11,14H,12-13,15H2,1H3,(H,27,28). The number of carbonyl (C=O) groups excluding carboxylic acids is 1. The van der Waals surface area contributed by atoms with E-state index in [1.165, 1.54) is 10.7 Å². The summed E-state index contributed by atoms with van der Waals surface area (Å²) in [6, 6.07) is 21.6. The van der Waals surface area contributed by atoms with E-state index in [4.69, 9.17) is 5.11 Å². The molecule has 0 bridgehead atoms. The normalized spacial score (nSPS) is 14.0. The van der Waals surface area contributed by atoms with Gasteiger partial charge in [0.2, 0.25) is 0 Å². The smallest absolute Gasteiger partial charge is 0.356 e. The van der Waals surface area contributed by atoms with Crippen LogP contribution in [0.5, 0.6) is 0 Å². The lowest BCUT2D eigenvalue weighted by atomic mass is 9.75. The van der Waals surface area contributed by atoms with Gasteiger partial charge in [-0.1, -0.05) is 60.7 Å². The zero-order valence-electron chi connectivity index (χ0n) is 15.6. The van der Waals surface area contributed by atoms with Crippen LogP contribution < -0.4 is 0 Å². The van der Waals surface area contributed by atoms with Crippen molar-refractivity contribution < 1.29 is 14.7 Å². The van der Waals surface area contributed by atoms with E-state index < -0.39 is 11.4 Å². The Morgan fingerprint density at radius 3 is 2.14 bits per heavy atom. The molecule has 6 heteroatoms. The predicted octanol–water partition coefficient (Wildman–Crippen LogP) is 3.04. The van der Waals surface area contributed by atoms with Crippen molar-refractivity contribution in [2.45, 2.75) is 18.9 Å². The van der Waals surface area contributed by atoms with Crippen LogP contribution in [0.25, 0.3) is 0 Å². The summed E-state index contributed by atoms with van der Waals surface area (Å²) in [6.45, 7) is 3.60. The third-order valence-corrected chi connectivity index (χ3v) is 5.42. The molecule has 0 saturated carbocycles. The molecule has 0 aliphatic carbocycles. The number of amides is 1. The van der Waals surface area contributed by atoms with Crippen molar-refractivity contribution in [2.24, 2.45) is 0 Å². The van der Waals surface area contributed by atoms with E-state index in [1.807, 2.05) is 36.4 Å². The number of nitrogens with zero attached hydrogens (tertiary/aromatic N) is 3. The van der Waals surface area contributed by atoms with Crippen molar-refractivity contribution in [2.75, 3.05) is 13.1 Å². The number of aromatic carboxylic acids is 1. The Balaban J connectivity index is 1.70. The number of fused-ring (bicyclic) bond motifs is 1. The van der Waals surface area contributed by atoms with Crippen molar-refractivity contribution in [1.82, 2.24) is 14.7 Å². The van der Waals surface area contributed by atoms with Crippen LogP contribution in [-0.4, -0.2) is 44.8 Å². The van der Waals surface area contributed by atoms with Gasteiger partial charge in [-0.25, -0.2) is 4.79 Å². The monoisotopic (exact) mass is 375 g/mol. The molecular weight excluding hydrogens is 354 g/mol. The molecule has 28 heavy (non-hydrogen) atoms. The highest BCUT2D eigenvalue weighted by atomic mass is 16.4. The van der Waals surface area contributed by atoms with Crippen molar-refractivity contribution in [3.8, 4) is 0 Å². The third-order valence-electron chi connectivity index (χ3n) is 5.42. The predicted molar refractivity (Wildman–Crippen MR) is 104 cm³/mol. The van der Waals surface area contributed by atoms with Crippen LogP contribution in [0, 0.1) is 0 Å². The number of aromatic nitrogens is 2. The van der Waals surface area contributed by atoms with E-state index in [9.17, 15) is 9.59 Å². The summed E-state index contributed by atoms with van der Waals surface area (Å²) in [5.74, 6) is -1.32. The van der Waals surface area contributed by atoms with Crippen molar-refractivity contribution in [3.63, 3.8) is 0 Å². The second kappa shape index (κ2) is 6.96. The van der Waals surface area contributed by atoms with Gasteiger partial charge in [0.25, 0.3) is 5.91 Å². The number of hydrogen-bond donors (Lipinski definition) is 1. The van der Waals surface area contributed by atoms with Crippen LogP contribution >= 0.6 is 0 Å². The molecule has 2 aromatic carbocycles. The van der Waals surface area contributed by atoms with Crippen LogP contribution in [0.3, 0.4) is 0 Å². The zero-order valence-corrected chi connectivity index (χ0v) is 15.6. The molecule has 0 saturated heterocycles. The molecule has 0 radical (unpaired) electrons. The Kier molecular flexibility index (Phi) is 4.47. The second-order valence-electron chi connectivity index (χ2n) is 7.23. The molecule has 0 fully saturated rings. The molecule has 1 aliphatic rings. The van der Waals surface area contributed by atoms with Gasteiger partial charge in [-0.15, -0.1) is 0 Å². The van der Waals surface area contributed by atoms with Gasteiger partial charge in [-0.05, 0) is 18.1 Å². The molecule has 3 aromatic rings. The molecule has 1 N–H and O–H groups in total. The summed E-state index contributed by atoms with van der Waals surface area (Å²) in [4.78, 5) is 26.1. The average Bonchev–Trinajstić information content (AvgIpc) is 3.17. The fourth-order valence-corrected chi connectivity index (χ4v) is 3.84. The summed E-state index contributed by atoms with van der Waals surface area (Å²) < 4.78 is 1.49. The van der Waals surface area contributed by atoms with Gasteiger partial charge in [-0.3, -0.25) is 9.48 Å². The number of benzene rings is 2. The minimum Gasteiger partial charge on any atom is -0.476 e. The molecule has 1 amide bonds. The number of carboxylic acids is 1. The summed E-state index contributed by atoms with van der Waals surface area (Å²) in [5.41, 5.74) is 2.08. The van der Waals surface area contributed by atoms with Crippen LogP contribution in [0.4, 0.5) is 0 Å². The van der Waals surface area contributed by atoms with Gasteiger partial charge in [0.15, 0.2) is 5.69 Å². The Hall–Kier alpha value is -3.41. The minimum absolute atomic E-state index is 0.0981. The second-order valence-corrected chi connectivity index (χ2v) is 7.23. The number of carbonyl (C=O) groups is 2. The van der Waals surface area contributed by atoms with E-state index in [0.29, 0.717) is 25.3 Å². The van der Waals surface area contributed by atoms with E-state index in [2.05, 4.69) is 36.3 Å². The topological polar surface area (TPSA) is 75.4 Å². The highest BCUT2D eigenvalue weighted by Gasteiger charge is 2.36. The lowest BCUT2D eigenvalue weighted by molar-refractivity contribution is 0.0660. The van der Waals surface area contributed by atoms with E-state index in [-0.39, 0.29) is 11.6 Å². The quantitative estimate of drug-likeness (QED) is 0.744. The summed E-state index contributed by atoms with van der Waals surface area (Å²) in [7, 11) is 0. The molecule has 0 atom stereocenters. The molecule has 1 aromatic heterocycles. The Labute approximate surface area is 163 Å². The van der Waals surface area contributed by atoms with Crippen molar-refractivity contribution >= 4 is 11.9 Å². The fraction of sp³-hybridized carbons (Fsp3) is 0.227. The lowest BCUT2D eigenvalue weighted by Crippen LogP contribution is -2.47. The lowest BCUT2D eigenvalue weighted by Gasteiger charge is -2.38. The number of carboxylic acid groups (broad SMARTS) is 1. The fourth-order valence-electron chi connectivity index (χ4n) is 3.84. The number of hydrogen-bond acceptors (Lipinski definition) is 3. The van der Waals surface area contributed by atoms with E-state index in [0.717, 1.165) is 11.1 Å². The van der Waals surface area contributed by atoms with E-state index >= 15 is 0 Å². The van der Waals surface area contributed by atoms with Gasteiger partial charge >= 0.3 is 5.97 Å². The van der Waals surface area contributed by atoms with Gasteiger partial charge in [0.05, 0.1) is 6.54 Å². The van der Waals surface area contributed by atoms with Gasteiger partial charge in [-0.2, -0.15) is 5.10 Å². The maximum Gasteiger partial charge on any atom is 0.356 e. The van der Waals surface area contributed by atoms with Crippen LogP contribution in [-0.2, 0) is 12.0 Å². The first-order valence-electron chi connectivity index (χ1n) is 9.20. The Bertz CT molecular complexity index is 973. The van der Waals surface area contributed by atoms with Gasteiger partial charge < -0.3 is 10.0 Å². The van der Waals surface area contributed by atoms with Gasteiger partial charge in [0.1, 0.15) is 5.69 Å².